The van der Waals surface area contributed by atoms with Gasteiger partial charge in [0.05, 0.1) is 30.3 Å². The van der Waals surface area contributed by atoms with Gasteiger partial charge in [-0.2, -0.15) is 4.31 Å². The molecule has 5 rings (SSSR count). The Labute approximate surface area is 159 Å². The van der Waals surface area contributed by atoms with Gasteiger partial charge in [0.25, 0.3) is 0 Å². The molecule has 2 spiro atoms. The van der Waals surface area contributed by atoms with Crippen molar-refractivity contribution < 1.29 is 22.3 Å². The van der Waals surface area contributed by atoms with Crippen molar-refractivity contribution in [2.75, 3.05) is 46.0 Å². The van der Waals surface area contributed by atoms with E-state index < -0.39 is 15.8 Å². The molecule has 27 heavy (non-hydrogen) atoms. The molecule has 1 aromatic rings. The van der Waals surface area contributed by atoms with Crippen LogP contribution in [0.2, 0.25) is 0 Å². The van der Waals surface area contributed by atoms with Crippen LogP contribution in [0, 0.1) is 11.2 Å². The van der Waals surface area contributed by atoms with Crippen molar-refractivity contribution in [2.45, 2.75) is 35.8 Å². The molecule has 4 aliphatic heterocycles. The Morgan fingerprint density at radius 1 is 1.07 bits per heavy atom. The van der Waals surface area contributed by atoms with Crippen LogP contribution in [0.4, 0.5) is 4.39 Å². The highest BCUT2D eigenvalue weighted by Crippen LogP contribution is 2.44. The van der Waals surface area contributed by atoms with Crippen LogP contribution in [-0.4, -0.2) is 75.3 Å². The molecule has 4 fully saturated rings. The van der Waals surface area contributed by atoms with E-state index in [9.17, 15) is 12.8 Å². The van der Waals surface area contributed by atoms with Crippen LogP contribution in [0.25, 0.3) is 0 Å². The van der Waals surface area contributed by atoms with E-state index in [2.05, 4.69) is 4.90 Å². The number of hydrogen-bond donors (Lipinski definition) is 0. The lowest BCUT2D eigenvalue weighted by atomic mass is 9.76. The molecule has 1 aromatic carbocycles. The van der Waals surface area contributed by atoms with E-state index >= 15 is 0 Å². The number of sulfonamides is 1. The van der Waals surface area contributed by atoms with Gasteiger partial charge >= 0.3 is 0 Å². The highest BCUT2D eigenvalue weighted by molar-refractivity contribution is 7.89. The van der Waals surface area contributed by atoms with Gasteiger partial charge in [0.15, 0.2) is 0 Å². The first-order valence-electron chi connectivity index (χ1n) is 9.62. The molecule has 0 aromatic heterocycles. The summed E-state index contributed by atoms with van der Waals surface area (Å²) < 4.78 is 51.7. The molecule has 0 aliphatic carbocycles. The second-order valence-corrected chi connectivity index (χ2v) is 10.5. The van der Waals surface area contributed by atoms with Crippen LogP contribution in [0.15, 0.2) is 29.2 Å². The van der Waals surface area contributed by atoms with E-state index in [1.54, 1.807) is 0 Å². The van der Waals surface area contributed by atoms with Gasteiger partial charge in [-0.15, -0.1) is 0 Å². The van der Waals surface area contributed by atoms with Crippen LogP contribution in [0.1, 0.15) is 19.3 Å². The maximum Gasteiger partial charge on any atom is 0.243 e. The van der Waals surface area contributed by atoms with Crippen molar-refractivity contribution in [1.82, 2.24) is 9.21 Å². The number of ether oxygens (including phenoxy) is 2. The van der Waals surface area contributed by atoms with Gasteiger partial charge in [-0.25, -0.2) is 12.8 Å². The third-order valence-electron chi connectivity index (χ3n) is 6.68. The number of rotatable bonds is 3. The minimum atomic E-state index is -3.57. The Morgan fingerprint density at radius 3 is 2.33 bits per heavy atom. The summed E-state index contributed by atoms with van der Waals surface area (Å²) in [5, 5.41) is 0. The van der Waals surface area contributed by atoms with Crippen molar-refractivity contribution >= 4 is 10.0 Å². The minimum Gasteiger partial charge on any atom is -0.380 e. The van der Waals surface area contributed by atoms with Gasteiger partial charge in [-0.05, 0) is 43.5 Å². The third kappa shape index (κ3) is 3.02. The molecule has 0 amide bonds. The highest BCUT2D eigenvalue weighted by Gasteiger charge is 2.54. The third-order valence-corrected chi connectivity index (χ3v) is 8.60. The number of piperidine rings is 1. The summed E-state index contributed by atoms with van der Waals surface area (Å²) in [5.74, 6) is -0.432. The smallest absolute Gasteiger partial charge is 0.243 e. The van der Waals surface area contributed by atoms with E-state index in [0.717, 1.165) is 39.3 Å². The van der Waals surface area contributed by atoms with Crippen molar-refractivity contribution in [3.63, 3.8) is 0 Å². The van der Waals surface area contributed by atoms with Crippen molar-refractivity contribution in [2.24, 2.45) is 5.41 Å². The average Bonchev–Trinajstić information content (AvgIpc) is 2.96. The molecular formula is C19H25FN2O4S. The molecule has 0 bridgehead atoms. The van der Waals surface area contributed by atoms with Gasteiger partial charge in [0, 0.05) is 37.6 Å². The molecule has 4 saturated heterocycles. The van der Waals surface area contributed by atoms with E-state index in [0.29, 0.717) is 37.4 Å². The maximum atomic E-state index is 13.1. The molecule has 0 N–H and O–H groups in total. The molecule has 148 valence electrons. The zero-order chi connectivity index (χ0) is 18.7. The molecule has 6 nitrogen and oxygen atoms in total. The largest absolute Gasteiger partial charge is 0.380 e. The van der Waals surface area contributed by atoms with E-state index in [-0.39, 0.29) is 10.5 Å². The summed E-state index contributed by atoms with van der Waals surface area (Å²) in [6.07, 6.45) is 2.41. The Kier molecular flexibility index (Phi) is 4.15. The summed E-state index contributed by atoms with van der Waals surface area (Å²) >= 11 is 0. The predicted octanol–water partition coefficient (Wildman–Crippen LogP) is 1.47. The molecule has 1 atom stereocenters. The number of halogens is 1. The molecule has 1 unspecified atom stereocenters. The topological polar surface area (TPSA) is 59.1 Å². The van der Waals surface area contributed by atoms with Crippen molar-refractivity contribution in [3.05, 3.63) is 30.1 Å². The summed E-state index contributed by atoms with van der Waals surface area (Å²) in [5.41, 5.74) is 0.209. The summed E-state index contributed by atoms with van der Waals surface area (Å²) in [6, 6.07) is 5.49. The van der Waals surface area contributed by atoms with Gasteiger partial charge < -0.3 is 9.47 Å². The van der Waals surface area contributed by atoms with Crippen LogP contribution >= 0.6 is 0 Å². The molecular weight excluding hydrogens is 371 g/mol. The summed E-state index contributed by atoms with van der Waals surface area (Å²) in [7, 11) is -3.57. The average molecular weight is 396 g/mol. The first-order chi connectivity index (χ1) is 12.9. The Morgan fingerprint density at radius 2 is 1.74 bits per heavy atom. The lowest BCUT2D eigenvalue weighted by Crippen LogP contribution is -2.68. The fourth-order valence-corrected chi connectivity index (χ4v) is 6.38. The molecule has 0 saturated carbocycles. The molecule has 4 aliphatic rings. The Hall–Kier alpha value is -1.06. The molecule has 8 heteroatoms. The van der Waals surface area contributed by atoms with Gasteiger partial charge in [-0.3, -0.25) is 4.90 Å². The van der Waals surface area contributed by atoms with Crippen molar-refractivity contribution in [1.29, 1.82) is 0 Å². The van der Waals surface area contributed by atoms with Gasteiger partial charge in [-0.1, -0.05) is 0 Å². The van der Waals surface area contributed by atoms with E-state index in [1.807, 2.05) is 0 Å². The minimum absolute atomic E-state index is 0.152. The standard InChI is InChI=1S/C19H25FN2O4S/c20-15-1-3-17(4-2-15)27(23,24)22-7-5-19(6-8-22)9-16(10-26-19)21-11-18(12-21)13-25-14-18/h1-4,16H,5-14H2. The molecule has 4 heterocycles. The number of benzene rings is 1. The van der Waals surface area contributed by atoms with Crippen LogP contribution in [-0.2, 0) is 19.5 Å². The van der Waals surface area contributed by atoms with Crippen LogP contribution in [0.3, 0.4) is 0 Å². The zero-order valence-corrected chi connectivity index (χ0v) is 16.1. The predicted molar refractivity (Wildman–Crippen MR) is 96.3 cm³/mol. The lowest BCUT2D eigenvalue weighted by Gasteiger charge is -2.57. The normalized spacial score (nSPS) is 30.3. The fraction of sp³-hybridized carbons (Fsp3) is 0.684. The van der Waals surface area contributed by atoms with Crippen molar-refractivity contribution in [3.8, 4) is 0 Å². The number of hydrogen-bond acceptors (Lipinski definition) is 5. The number of nitrogens with zero attached hydrogens (tertiary/aromatic N) is 2. The van der Waals surface area contributed by atoms with E-state index in [4.69, 9.17) is 9.47 Å². The van der Waals surface area contributed by atoms with Gasteiger partial charge in [0.2, 0.25) is 10.0 Å². The first-order valence-corrected chi connectivity index (χ1v) is 11.1. The zero-order valence-electron chi connectivity index (χ0n) is 15.3. The monoisotopic (exact) mass is 396 g/mol. The fourth-order valence-electron chi connectivity index (χ4n) is 4.94. The van der Waals surface area contributed by atoms with Gasteiger partial charge in [0.1, 0.15) is 5.82 Å². The molecule has 0 radical (unpaired) electrons. The van der Waals surface area contributed by atoms with E-state index in [1.165, 1.54) is 28.6 Å². The first kappa shape index (κ1) is 18.0. The Balaban J connectivity index is 1.20. The summed E-state index contributed by atoms with van der Waals surface area (Å²) in [4.78, 5) is 2.65. The quantitative estimate of drug-likeness (QED) is 0.775. The second-order valence-electron chi connectivity index (χ2n) is 8.61. The second kappa shape index (κ2) is 6.22. The van der Waals surface area contributed by atoms with Crippen LogP contribution in [0.5, 0.6) is 0 Å². The number of likely N-dealkylation sites (tertiary alicyclic amines) is 1. The Bertz CT molecular complexity index is 809. The van der Waals surface area contributed by atoms with Crippen LogP contribution < -0.4 is 0 Å². The SMILES string of the molecule is O=S(=O)(c1ccc(F)cc1)N1CCC2(CC1)CC(N1CC3(COC3)C1)CO2. The maximum absolute atomic E-state index is 13.1. The summed E-state index contributed by atoms with van der Waals surface area (Å²) in [6.45, 7) is 5.61. The highest BCUT2D eigenvalue weighted by atomic mass is 32.2. The lowest BCUT2D eigenvalue weighted by molar-refractivity contribution is -0.197.